The van der Waals surface area contributed by atoms with Gasteiger partial charge in [-0.3, -0.25) is 4.79 Å². The normalized spacial score (nSPS) is 14.1. The van der Waals surface area contributed by atoms with E-state index in [4.69, 9.17) is 5.26 Å². The van der Waals surface area contributed by atoms with E-state index in [1.807, 2.05) is 11.8 Å². The molecule has 2 aromatic heterocycles. The molecule has 3 aromatic rings. The van der Waals surface area contributed by atoms with E-state index in [0.29, 0.717) is 47.9 Å². The van der Waals surface area contributed by atoms with Crippen LogP contribution in [0.3, 0.4) is 0 Å². The van der Waals surface area contributed by atoms with Crippen molar-refractivity contribution in [3.63, 3.8) is 0 Å². The van der Waals surface area contributed by atoms with Crippen molar-refractivity contribution >= 4 is 28.6 Å². The SMILES string of the molecule is CCn1nnc2c(N3CC(C(=O)Nc4ccc(C#N)cc4)C3)ncnc21. The zero-order valence-electron chi connectivity index (χ0n) is 14.1. The molecule has 4 rings (SSSR count). The van der Waals surface area contributed by atoms with Gasteiger partial charge in [-0.2, -0.15) is 5.26 Å². The van der Waals surface area contributed by atoms with Crippen molar-refractivity contribution < 1.29 is 4.79 Å². The molecule has 1 aromatic carbocycles. The van der Waals surface area contributed by atoms with E-state index in [1.165, 1.54) is 6.33 Å². The highest BCUT2D eigenvalue weighted by molar-refractivity contribution is 5.95. The summed E-state index contributed by atoms with van der Waals surface area (Å²) < 4.78 is 1.72. The molecular formula is C17H16N8O. The van der Waals surface area contributed by atoms with Crippen molar-refractivity contribution in [1.82, 2.24) is 25.0 Å². The Bertz CT molecular complexity index is 998. The maximum atomic E-state index is 12.4. The van der Waals surface area contributed by atoms with Gasteiger partial charge in [0.05, 0.1) is 17.6 Å². The number of hydrogen-bond acceptors (Lipinski definition) is 7. The van der Waals surface area contributed by atoms with Gasteiger partial charge in [0.1, 0.15) is 6.33 Å². The van der Waals surface area contributed by atoms with E-state index >= 15 is 0 Å². The van der Waals surface area contributed by atoms with Crippen molar-refractivity contribution in [2.45, 2.75) is 13.5 Å². The van der Waals surface area contributed by atoms with Gasteiger partial charge in [0, 0.05) is 25.3 Å². The Hall–Kier alpha value is -3.54. The van der Waals surface area contributed by atoms with Crippen molar-refractivity contribution in [1.29, 1.82) is 5.26 Å². The van der Waals surface area contributed by atoms with Gasteiger partial charge in [-0.15, -0.1) is 5.10 Å². The number of anilines is 2. The summed E-state index contributed by atoms with van der Waals surface area (Å²) in [5, 5.41) is 19.9. The van der Waals surface area contributed by atoms with E-state index in [0.717, 1.165) is 0 Å². The van der Waals surface area contributed by atoms with Gasteiger partial charge >= 0.3 is 0 Å². The van der Waals surface area contributed by atoms with Gasteiger partial charge < -0.3 is 10.2 Å². The fourth-order valence-corrected chi connectivity index (χ4v) is 2.91. The highest BCUT2D eigenvalue weighted by Gasteiger charge is 2.35. The van der Waals surface area contributed by atoms with Gasteiger partial charge in [0.25, 0.3) is 0 Å². The summed E-state index contributed by atoms with van der Waals surface area (Å²) in [4.78, 5) is 22.9. The third-order valence-corrected chi connectivity index (χ3v) is 4.41. The predicted molar refractivity (Wildman–Crippen MR) is 94.3 cm³/mol. The van der Waals surface area contributed by atoms with Gasteiger partial charge in [-0.05, 0) is 31.2 Å². The molecule has 26 heavy (non-hydrogen) atoms. The van der Waals surface area contributed by atoms with Crippen LogP contribution in [0.4, 0.5) is 11.5 Å². The average molecular weight is 348 g/mol. The molecule has 1 fully saturated rings. The first-order chi connectivity index (χ1) is 12.7. The van der Waals surface area contributed by atoms with Crippen molar-refractivity contribution in [2.24, 2.45) is 5.92 Å². The van der Waals surface area contributed by atoms with E-state index < -0.39 is 0 Å². The summed E-state index contributed by atoms with van der Waals surface area (Å²) in [5.74, 6) is 0.530. The predicted octanol–water partition coefficient (Wildman–Crippen LogP) is 1.19. The van der Waals surface area contributed by atoms with Crippen LogP contribution in [-0.4, -0.2) is 44.0 Å². The molecule has 0 spiro atoms. The summed E-state index contributed by atoms with van der Waals surface area (Å²) in [6.07, 6.45) is 1.50. The largest absolute Gasteiger partial charge is 0.353 e. The molecule has 130 valence electrons. The van der Waals surface area contributed by atoms with Crippen LogP contribution in [0.5, 0.6) is 0 Å². The number of carbonyl (C=O) groups is 1. The standard InChI is InChI=1S/C17H16N8O/c1-2-25-16-14(22-23-25)15(19-10-20-16)24-8-12(9-24)17(26)21-13-5-3-11(7-18)4-6-13/h3-6,10,12H,2,8-9H2,1H3,(H,21,26). The van der Waals surface area contributed by atoms with Gasteiger partial charge in [0.2, 0.25) is 5.91 Å². The Labute approximate surface area is 149 Å². The second-order valence-corrected chi connectivity index (χ2v) is 6.06. The van der Waals surface area contributed by atoms with Crippen molar-refractivity contribution in [3.05, 3.63) is 36.2 Å². The molecule has 0 atom stereocenters. The lowest BCUT2D eigenvalue weighted by Gasteiger charge is -2.38. The molecule has 1 aliphatic heterocycles. The Balaban J connectivity index is 1.43. The zero-order chi connectivity index (χ0) is 18.1. The fraction of sp³-hybridized carbons (Fsp3) is 0.294. The number of carbonyl (C=O) groups excluding carboxylic acids is 1. The molecule has 1 N–H and O–H groups in total. The van der Waals surface area contributed by atoms with Crippen molar-refractivity contribution in [2.75, 3.05) is 23.3 Å². The number of aromatic nitrogens is 5. The Morgan fingerprint density at radius 3 is 2.77 bits per heavy atom. The lowest BCUT2D eigenvalue weighted by molar-refractivity contribution is -0.120. The molecule has 3 heterocycles. The molecule has 0 radical (unpaired) electrons. The summed E-state index contributed by atoms with van der Waals surface area (Å²) in [5.41, 5.74) is 2.59. The maximum absolute atomic E-state index is 12.4. The van der Waals surface area contributed by atoms with E-state index in [1.54, 1.807) is 28.9 Å². The number of fused-ring (bicyclic) bond motifs is 1. The van der Waals surface area contributed by atoms with Gasteiger partial charge in [-0.25, -0.2) is 14.6 Å². The van der Waals surface area contributed by atoms with E-state index in [-0.39, 0.29) is 11.8 Å². The van der Waals surface area contributed by atoms with Gasteiger partial charge in [-0.1, -0.05) is 5.21 Å². The summed E-state index contributed by atoms with van der Waals surface area (Å²) in [6.45, 7) is 3.78. The molecule has 9 nitrogen and oxygen atoms in total. The number of hydrogen-bond donors (Lipinski definition) is 1. The lowest BCUT2D eigenvalue weighted by atomic mass is 9.99. The number of nitrogens with one attached hydrogen (secondary N) is 1. The Morgan fingerprint density at radius 1 is 1.31 bits per heavy atom. The van der Waals surface area contributed by atoms with Crippen LogP contribution in [0, 0.1) is 17.2 Å². The van der Waals surface area contributed by atoms with Gasteiger partial charge in [0.15, 0.2) is 17.0 Å². The smallest absolute Gasteiger partial charge is 0.231 e. The number of amides is 1. The third-order valence-electron chi connectivity index (χ3n) is 4.41. The van der Waals surface area contributed by atoms with Crippen LogP contribution in [0.1, 0.15) is 12.5 Å². The summed E-state index contributed by atoms with van der Waals surface area (Å²) in [7, 11) is 0. The van der Waals surface area contributed by atoms with Crippen molar-refractivity contribution in [3.8, 4) is 6.07 Å². The number of rotatable bonds is 4. The van der Waals surface area contributed by atoms with Crippen LogP contribution < -0.4 is 10.2 Å². The third kappa shape index (κ3) is 2.71. The first-order valence-electron chi connectivity index (χ1n) is 8.29. The van der Waals surface area contributed by atoms with E-state index in [9.17, 15) is 4.79 Å². The molecule has 1 aliphatic rings. The minimum absolute atomic E-state index is 0.0477. The van der Waals surface area contributed by atoms with E-state index in [2.05, 4.69) is 31.7 Å². The maximum Gasteiger partial charge on any atom is 0.231 e. The highest BCUT2D eigenvalue weighted by Crippen LogP contribution is 2.28. The molecule has 0 unspecified atom stereocenters. The minimum Gasteiger partial charge on any atom is -0.353 e. The summed E-state index contributed by atoms with van der Waals surface area (Å²) in [6, 6.07) is 8.86. The topological polar surface area (TPSA) is 113 Å². The number of nitriles is 1. The Kier molecular flexibility index (Phi) is 3.93. The number of benzene rings is 1. The fourth-order valence-electron chi connectivity index (χ4n) is 2.91. The lowest BCUT2D eigenvalue weighted by Crippen LogP contribution is -2.52. The molecule has 0 saturated carbocycles. The average Bonchev–Trinajstić information content (AvgIpc) is 3.05. The highest BCUT2D eigenvalue weighted by atomic mass is 16.2. The van der Waals surface area contributed by atoms with Crippen LogP contribution in [0.25, 0.3) is 11.2 Å². The molecule has 1 amide bonds. The van der Waals surface area contributed by atoms with Crippen LogP contribution in [0.2, 0.25) is 0 Å². The zero-order valence-corrected chi connectivity index (χ0v) is 14.1. The quantitative estimate of drug-likeness (QED) is 0.753. The molecular weight excluding hydrogens is 332 g/mol. The second kappa shape index (κ2) is 6.40. The molecule has 1 saturated heterocycles. The second-order valence-electron chi connectivity index (χ2n) is 6.06. The molecule has 0 bridgehead atoms. The first-order valence-corrected chi connectivity index (χ1v) is 8.29. The molecule has 9 heteroatoms. The number of nitrogens with zero attached hydrogens (tertiary/aromatic N) is 7. The molecule has 0 aliphatic carbocycles. The van der Waals surface area contributed by atoms with Crippen LogP contribution in [-0.2, 0) is 11.3 Å². The minimum atomic E-state index is -0.128. The Morgan fingerprint density at radius 2 is 2.08 bits per heavy atom. The first kappa shape index (κ1) is 16.0. The van der Waals surface area contributed by atoms with Crippen LogP contribution >= 0.6 is 0 Å². The number of aryl methyl sites for hydroxylation is 1. The van der Waals surface area contributed by atoms with Crippen LogP contribution in [0.15, 0.2) is 30.6 Å². The monoisotopic (exact) mass is 348 g/mol. The summed E-state index contributed by atoms with van der Waals surface area (Å²) >= 11 is 0.